The van der Waals surface area contributed by atoms with Crippen LogP contribution in [-0.2, 0) is 9.59 Å². The van der Waals surface area contributed by atoms with Crippen molar-refractivity contribution in [2.75, 3.05) is 32.7 Å². The molecule has 0 bridgehead atoms. The zero-order valence-corrected chi connectivity index (χ0v) is 10.9. The van der Waals surface area contributed by atoms with E-state index in [1.807, 2.05) is 0 Å². The van der Waals surface area contributed by atoms with Crippen molar-refractivity contribution in [3.8, 4) is 0 Å². The summed E-state index contributed by atoms with van der Waals surface area (Å²) < 4.78 is 0. The first kappa shape index (κ1) is 14.6. The number of piperidine rings is 1. The van der Waals surface area contributed by atoms with Crippen molar-refractivity contribution < 1.29 is 9.59 Å². The lowest BCUT2D eigenvalue weighted by molar-refractivity contribution is -0.132. The molecule has 4 heteroatoms. The number of carbonyl (C=O) groups is 2. The third-order valence-corrected chi connectivity index (χ3v) is 3.14. The van der Waals surface area contributed by atoms with Gasteiger partial charge < -0.3 is 9.69 Å². The minimum Gasteiger partial charge on any atom is -0.334 e. The number of hydrogen-bond donors (Lipinski definition) is 0. The Hall–Kier alpha value is -1.42. The van der Waals surface area contributed by atoms with E-state index in [9.17, 15) is 9.59 Å². The molecule has 0 aliphatic carbocycles. The van der Waals surface area contributed by atoms with Gasteiger partial charge in [-0.15, -0.1) is 13.2 Å². The van der Waals surface area contributed by atoms with Crippen LogP contribution in [0.1, 0.15) is 12.8 Å². The molecule has 0 saturated carbocycles. The zero-order valence-electron chi connectivity index (χ0n) is 10.9. The van der Waals surface area contributed by atoms with Gasteiger partial charge in [0, 0.05) is 25.6 Å². The van der Waals surface area contributed by atoms with Gasteiger partial charge in [0.2, 0.25) is 5.91 Å². The van der Waals surface area contributed by atoms with Gasteiger partial charge in [-0.2, -0.15) is 0 Å². The molecule has 0 N–H and O–H groups in total. The van der Waals surface area contributed by atoms with E-state index >= 15 is 0 Å². The minimum absolute atomic E-state index is 0.0707. The maximum atomic E-state index is 12.1. The Labute approximate surface area is 109 Å². The molecule has 1 aliphatic heterocycles. The number of aldehydes is 1. The highest BCUT2D eigenvalue weighted by Gasteiger charge is 2.22. The second kappa shape index (κ2) is 7.82. The molecular weight excluding hydrogens is 228 g/mol. The predicted octanol–water partition coefficient (Wildman–Crippen LogP) is 1.10. The van der Waals surface area contributed by atoms with Crippen molar-refractivity contribution in [1.82, 2.24) is 9.80 Å². The fourth-order valence-corrected chi connectivity index (χ4v) is 2.23. The first-order valence-electron chi connectivity index (χ1n) is 6.38. The van der Waals surface area contributed by atoms with Gasteiger partial charge in [0.25, 0.3) is 0 Å². The van der Waals surface area contributed by atoms with Crippen molar-refractivity contribution >= 4 is 12.2 Å². The topological polar surface area (TPSA) is 40.6 Å². The molecule has 1 amide bonds. The first-order valence-corrected chi connectivity index (χ1v) is 6.38. The van der Waals surface area contributed by atoms with Gasteiger partial charge >= 0.3 is 0 Å². The quantitative estimate of drug-likeness (QED) is 0.502. The molecule has 18 heavy (non-hydrogen) atoms. The molecule has 1 rings (SSSR count). The number of carbonyl (C=O) groups excluding carboxylic acids is 2. The van der Waals surface area contributed by atoms with Crippen LogP contribution in [0, 0.1) is 5.92 Å². The van der Waals surface area contributed by atoms with Crippen molar-refractivity contribution in [3.63, 3.8) is 0 Å². The normalized spacial score (nSPS) is 20.1. The minimum atomic E-state index is 0.0707. The molecule has 0 radical (unpaired) electrons. The van der Waals surface area contributed by atoms with Crippen LogP contribution in [0.25, 0.3) is 0 Å². The zero-order chi connectivity index (χ0) is 13.4. The smallest absolute Gasteiger partial charge is 0.237 e. The van der Waals surface area contributed by atoms with Crippen LogP contribution in [0.15, 0.2) is 25.3 Å². The summed E-state index contributed by atoms with van der Waals surface area (Å²) in [6.45, 7) is 10.3. The lowest BCUT2D eigenvalue weighted by Crippen LogP contribution is -2.44. The standard InChI is InChI=1S/C14H22N2O2/c1-3-7-16(8-4-2)14(18)11-15-9-5-6-13(10-15)12-17/h3-4,12-13H,1-2,5-11H2. The summed E-state index contributed by atoms with van der Waals surface area (Å²) in [5, 5.41) is 0. The largest absolute Gasteiger partial charge is 0.334 e. The van der Waals surface area contributed by atoms with Crippen LogP contribution >= 0.6 is 0 Å². The number of amides is 1. The van der Waals surface area contributed by atoms with Crippen molar-refractivity contribution in [1.29, 1.82) is 0 Å². The second-order valence-electron chi connectivity index (χ2n) is 4.65. The SMILES string of the molecule is C=CCN(CC=C)C(=O)CN1CCCC(C=O)C1. The highest BCUT2D eigenvalue weighted by molar-refractivity contribution is 5.78. The summed E-state index contributed by atoms with van der Waals surface area (Å²) >= 11 is 0. The number of hydrogen-bond acceptors (Lipinski definition) is 3. The Kier molecular flexibility index (Phi) is 6.36. The molecule has 1 saturated heterocycles. The lowest BCUT2D eigenvalue weighted by Gasteiger charge is -2.31. The van der Waals surface area contributed by atoms with Crippen LogP contribution in [0.2, 0.25) is 0 Å². The van der Waals surface area contributed by atoms with E-state index in [2.05, 4.69) is 18.1 Å². The molecule has 0 aromatic carbocycles. The molecule has 4 nitrogen and oxygen atoms in total. The van der Waals surface area contributed by atoms with E-state index in [1.54, 1.807) is 17.1 Å². The lowest BCUT2D eigenvalue weighted by atomic mass is 10.00. The van der Waals surface area contributed by atoms with Crippen LogP contribution in [0.5, 0.6) is 0 Å². The summed E-state index contributed by atoms with van der Waals surface area (Å²) in [6, 6.07) is 0. The summed E-state index contributed by atoms with van der Waals surface area (Å²) in [5.74, 6) is 0.153. The fraction of sp³-hybridized carbons (Fsp3) is 0.571. The highest BCUT2D eigenvalue weighted by Crippen LogP contribution is 2.14. The fourth-order valence-electron chi connectivity index (χ4n) is 2.23. The molecule has 0 aromatic rings. The molecule has 1 fully saturated rings. The van der Waals surface area contributed by atoms with Crippen LogP contribution in [0.4, 0.5) is 0 Å². The van der Waals surface area contributed by atoms with E-state index in [0.717, 1.165) is 25.7 Å². The van der Waals surface area contributed by atoms with Crippen LogP contribution < -0.4 is 0 Å². The predicted molar refractivity (Wildman–Crippen MR) is 72.2 cm³/mol. The van der Waals surface area contributed by atoms with Crippen LogP contribution in [-0.4, -0.2) is 54.7 Å². The van der Waals surface area contributed by atoms with Gasteiger partial charge in [-0.25, -0.2) is 0 Å². The molecule has 1 atom stereocenters. The molecule has 0 aromatic heterocycles. The van der Waals surface area contributed by atoms with E-state index in [-0.39, 0.29) is 11.8 Å². The van der Waals surface area contributed by atoms with E-state index in [1.165, 1.54) is 0 Å². The molecule has 1 heterocycles. The summed E-state index contributed by atoms with van der Waals surface area (Å²) in [6.07, 6.45) is 6.36. The number of likely N-dealkylation sites (tertiary alicyclic amines) is 1. The third-order valence-electron chi connectivity index (χ3n) is 3.14. The maximum Gasteiger partial charge on any atom is 0.237 e. The Morgan fingerprint density at radius 3 is 2.56 bits per heavy atom. The third kappa shape index (κ3) is 4.45. The van der Waals surface area contributed by atoms with Gasteiger partial charge in [0.15, 0.2) is 0 Å². The summed E-state index contributed by atoms with van der Waals surface area (Å²) in [4.78, 5) is 26.6. The highest BCUT2D eigenvalue weighted by atomic mass is 16.2. The van der Waals surface area contributed by atoms with Crippen molar-refractivity contribution in [2.45, 2.75) is 12.8 Å². The number of nitrogens with zero attached hydrogens (tertiary/aromatic N) is 2. The maximum absolute atomic E-state index is 12.1. The first-order chi connectivity index (χ1) is 8.71. The van der Waals surface area contributed by atoms with Gasteiger partial charge in [-0.05, 0) is 19.4 Å². The van der Waals surface area contributed by atoms with Crippen molar-refractivity contribution in [3.05, 3.63) is 25.3 Å². The van der Waals surface area contributed by atoms with Gasteiger partial charge in [0.05, 0.1) is 6.54 Å². The van der Waals surface area contributed by atoms with E-state index in [0.29, 0.717) is 26.2 Å². The van der Waals surface area contributed by atoms with E-state index in [4.69, 9.17) is 0 Å². The average molecular weight is 250 g/mol. The molecular formula is C14H22N2O2. The number of rotatable bonds is 7. The Morgan fingerprint density at radius 2 is 2.00 bits per heavy atom. The summed E-state index contributed by atoms with van der Waals surface area (Å²) in [7, 11) is 0. The molecule has 0 spiro atoms. The van der Waals surface area contributed by atoms with Crippen molar-refractivity contribution in [2.24, 2.45) is 5.92 Å². The monoisotopic (exact) mass is 250 g/mol. The van der Waals surface area contributed by atoms with E-state index < -0.39 is 0 Å². The molecule has 100 valence electrons. The molecule has 1 unspecified atom stereocenters. The molecule has 1 aliphatic rings. The summed E-state index contributed by atoms with van der Waals surface area (Å²) in [5.41, 5.74) is 0. The van der Waals surface area contributed by atoms with Gasteiger partial charge in [0.1, 0.15) is 6.29 Å². The second-order valence-corrected chi connectivity index (χ2v) is 4.65. The van der Waals surface area contributed by atoms with Gasteiger partial charge in [-0.1, -0.05) is 12.2 Å². The Bertz CT molecular complexity index is 305. The average Bonchev–Trinajstić information content (AvgIpc) is 2.38. The van der Waals surface area contributed by atoms with Crippen LogP contribution in [0.3, 0.4) is 0 Å². The van der Waals surface area contributed by atoms with Gasteiger partial charge in [-0.3, -0.25) is 9.69 Å². The Balaban J connectivity index is 2.48. The Morgan fingerprint density at radius 1 is 1.33 bits per heavy atom.